The van der Waals surface area contributed by atoms with E-state index in [2.05, 4.69) is 40.2 Å². The fraction of sp³-hybridized carbons (Fsp3) is 0.192. The van der Waals surface area contributed by atoms with Crippen LogP contribution in [-0.4, -0.2) is 12.6 Å². The summed E-state index contributed by atoms with van der Waals surface area (Å²) >= 11 is 3.63. The highest BCUT2D eigenvalue weighted by Gasteiger charge is 2.12. The van der Waals surface area contributed by atoms with E-state index in [0.717, 1.165) is 38.7 Å². The molecule has 0 aliphatic rings. The second kappa shape index (κ2) is 9.84. The molecule has 1 heterocycles. The molecule has 3 aromatic carbocycles. The molecule has 0 bridgehead atoms. The van der Waals surface area contributed by atoms with Crippen LogP contribution < -0.4 is 4.74 Å². The summed E-state index contributed by atoms with van der Waals surface area (Å²) in [5.41, 5.74) is 3.86. The SMILES string of the molecule is CCOC(=O)Cc1ccccc1OCc1cc(Br)c2oc(Cc3ccccc3)cc2c1. The van der Waals surface area contributed by atoms with Gasteiger partial charge < -0.3 is 13.9 Å². The van der Waals surface area contributed by atoms with Gasteiger partial charge in [-0.15, -0.1) is 0 Å². The Labute approximate surface area is 189 Å². The number of hydrogen-bond donors (Lipinski definition) is 0. The fourth-order valence-corrected chi connectivity index (χ4v) is 4.11. The number of fused-ring (bicyclic) bond motifs is 1. The van der Waals surface area contributed by atoms with Gasteiger partial charge in [-0.05, 0) is 58.2 Å². The number of benzene rings is 3. The smallest absolute Gasteiger partial charge is 0.310 e. The Kier molecular flexibility index (Phi) is 6.73. The Balaban J connectivity index is 1.50. The minimum absolute atomic E-state index is 0.192. The van der Waals surface area contributed by atoms with E-state index in [1.807, 2.05) is 48.5 Å². The molecule has 4 nitrogen and oxygen atoms in total. The predicted molar refractivity (Wildman–Crippen MR) is 124 cm³/mol. The zero-order chi connectivity index (χ0) is 21.6. The molecule has 0 unspecified atom stereocenters. The molecule has 0 saturated carbocycles. The summed E-state index contributed by atoms with van der Waals surface area (Å²) in [4.78, 5) is 11.9. The number of hydrogen-bond acceptors (Lipinski definition) is 4. The van der Waals surface area contributed by atoms with Gasteiger partial charge in [-0.25, -0.2) is 0 Å². The number of carbonyl (C=O) groups excluding carboxylic acids is 1. The van der Waals surface area contributed by atoms with Gasteiger partial charge in [-0.1, -0.05) is 48.5 Å². The molecule has 158 valence electrons. The summed E-state index contributed by atoms with van der Waals surface area (Å²) in [6, 6.07) is 24.0. The normalized spacial score (nSPS) is 10.9. The largest absolute Gasteiger partial charge is 0.489 e. The highest BCUT2D eigenvalue weighted by atomic mass is 79.9. The van der Waals surface area contributed by atoms with Crippen LogP contribution in [0, 0.1) is 0 Å². The molecule has 0 spiro atoms. The number of halogens is 1. The summed E-state index contributed by atoms with van der Waals surface area (Å²) in [7, 11) is 0. The van der Waals surface area contributed by atoms with Crippen molar-refractivity contribution in [3.63, 3.8) is 0 Å². The van der Waals surface area contributed by atoms with Gasteiger partial charge >= 0.3 is 5.97 Å². The Morgan fingerprint density at radius 1 is 0.968 bits per heavy atom. The molecule has 5 heteroatoms. The molecule has 0 aliphatic carbocycles. The third kappa shape index (κ3) is 5.36. The van der Waals surface area contributed by atoms with Gasteiger partial charge in [0.2, 0.25) is 0 Å². The first-order valence-corrected chi connectivity index (χ1v) is 11.0. The van der Waals surface area contributed by atoms with Crippen molar-refractivity contribution >= 4 is 32.9 Å². The van der Waals surface area contributed by atoms with Crippen LogP contribution in [0.15, 0.2) is 81.7 Å². The van der Waals surface area contributed by atoms with Crippen molar-refractivity contribution in [2.45, 2.75) is 26.4 Å². The second-order valence-electron chi connectivity index (χ2n) is 7.25. The van der Waals surface area contributed by atoms with E-state index in [-0.39, 0.29) is 12.4 Å². The van der Waals surface area contributed by atoms with Gasteiger partial charge in [0.15, 0.2) is 0 Å². The van der Waals surface area contributed by atoms with Crippen LogP contribution in [-0.2, 0) is 29.0 Å². The first-order valence-electron chi connectivity index (χ1n) is 10.2. The maximum absolute atomic E-state index is 11.9. The highest BCUT2D eigenvalue weighted by Crippen LogP contribution is 2.31. The maximum atomic E-state index is 11.9. The molecule has 0 radical (unpaired) electrons. The average Bonchev–Trinajstić information content (AvgIpc) is 3.17. The lowest BCUT2D eigenvalue weighted by Crippen LogP contribution is -2.09. The van der Waals surface area contributed by atoms with Gasteiger partial charge in [-0.2, -0.15) is 0 Å². The first-order chi connectivity index (χ1) is 15.1. The second-order valence-corrected chi connectivity index (χ2v) is 8.10. The van der Waals surface area contributed by atoms with Crippen LogP contribution in [0.4, 0.5) is 0 Å². The number of carbonyl (C=O) groups is 1. The standard InChI is InChI=1S/C26H23BrO4/c1-2-29-25(28)16-20-10-6-7-11-24(20)30-17-19-12-21-15-22(31-26(21)23(27)14-19)13-18-8-4-3-5-9-18/h3-12,14-15H,2,13,16-17H2,1H3. The van der Waals surface area contributed by atoms with Gasteiger partial charge in [0.25, 0.3) is 0 Å². The topological polar surface area (TPSA) is 48.7 Å². The van der Waals surface area contributed by atoms with Crippen molar-refractivity contribution in [3.8, 4) is 5.75 Å². The monoisotopic (exact) mass is 478 g/mol. The minimum Gasteiger partial charge on any atom is -0.489 e. The van der Waals surface area contributed by atoms with Crippen molar-refractivity contribution in [1.29, 1.82) is 0 Å². The van der Waals surface area contributed by atoms with E-state index in [0.29, 0.717) is 19.0 Å². The number of rotatable bonds is 8. The van der Waals surface area contributed by atoms with E-state index < -0.39 is 0 Å². The predicted octanol–water partition coefficient (Wildman–Crippen LogP) is 6.47. The Hall–Kier alpha value is -3.05. The first kappa shape index (κ1) is 21.2. The lowest BCUT2D eigenvalue weighted by Gasteiger charge is -2.11. The van der Waals surface area contributed by atoms with Crippen LogP contribution in [0.2, 0.25) is 0 Å². The molecular formula is C26H23BrO4. The molecule has 0 atom stereocenters. The summed E-state index contributed by atoms with van der Waals surface area (Å²) in [6.45, 7) is 2.55. The molecule has 0 amide bonds. The van der Waals surface area contributed by atoms with E-state index >= 15 is 0 Å². The van der Waals surface area contributed by atoms with E-state index in [9.17, 15) is 4.79 Å². The fourth-order valence-electron chi connectivity index (χ4n) is 3.51. The van der Waals surface area contributed by atoms with Crippen molar-refractivity contribution in [1.82, 2.24) is 0 Å². The Morgan fingerprint density at radius 3 is 2.55 bits per heavy atom. The molecule has 4 aromatic rings. The van der Waals surface area contributed by atoms with E-state index in [1.54, 1.807) is 6.92 Å². The zero-order valence-corrected chi connectivity index (χ0v) is 18.9. The quantitative estimate of drug-likeness (QED) is 0.272. The van der Waals surface area contributed by atoms with Crippen LogP contribution in [0.5, 0.6) is 5.75 Å². The molecule has 0 N–H and O–H groups in total. The number of para-hydroxylation sites is 1. The number of esters is 1. The lowest BCUT2D eigenvalue weighted by molar-refractivity contribution is -0.142. The van der Waals surface area contributed by atoms with Crippen LogP contribution >= 0.6 is 15.9 Å². The lowest BCUT2D eigenvalue weighted by atomic mass is 10.1. The third-order valence-electron chi connectivity index (χ3n) is 4.91. The molecule has 31 heavy (non-hydrogen) atoms. The minimum atomic E-state index is -0.257. The molecule has 0 fully saturated rings. The highest BCUT2D eigenvalue weighted by molar-refractivity contribution is 9.10. The van der Waals surface area contributed by atoms with Gasteiger partial charge in [0, 0.05) is 17.4 Å². The van der Waals surface area contributed by atoms with Crippen LogP contribution in [0.1, 0.15) is 29.4 Å². The Bertz CT molecular complexity index is 1180. The molecule has 1 aromatic heterocycles. The summed E-state index contributed by atoms with van der Waals surface area (Å²) in [5, 5.41) is 1.03. The van der Waals surface area contributed by atoms with Crippen molar-refractivity contribution in [2.75, 3.05) is 6.61 Å². The van der Waals surface area contributed by atoms with Gasteiger partial charge in [0.05, 0.1) is 17.5 Å². The van der Waals surface area contributed by atoms with Crippen LogP contribution in [0.25, 0.3) is 11.0 Å². The summed E-state index contributed by atoms with van der Waals surface area (Å²) < 4.78 is 18.1. The number of ether oxygens (including phenoxy) is 2. The van der Waals surface area contributed by atoms with Crippen molar-refractivity contribution in [3.05, 3.63) is 99.7 Å². The van der Waals surface area contributed by atoms with Gasteiger partial charge in [-0.3, -0.25) is 4.79 Å². The molecular weight excluding hydrogens is 456 g/mol. The van der Waals surface area contributed by atoms with Gasteiger partial charge in [0.1, 0.15) is 23.7 Å². The van der Waals surface area contributed by atoms with Crippen molar-refractivity contribution in [2.24, 2.45) is 0 Å². The maximum Gasteiger partial charge on any atom is 0.310 e. The summed E-state index contributed by atoms with van der Waals surface area (Å²) in [5.74, 6) is 1.34. The third-order valence-corrected chi connectivity index (χ3v) is 5.50. The molecule has 0 saturated heterocycles. The summed E-state index contributed by atoms with van der Waals surface area (Å²) in [6.07, 6.45) is 0.937. The van der Waals surface area contributed by atoms with Crippen molar-refractivity contribution < 1.29 is 18.7 Å². The Morgan fingerprint density at radius 2 is 1.74 bits per heavy atom. The number of furan rings is 1. The molecule has 4 rings (SSSR count). The average molecular weight is 479 g/mol. The molecule has 0 aliphatic heterocycles. The van der Waals surface area contributed by atoms with E-state index in [1.165, 1.54) is 5.56 Å². The van der Waals surface area contributed by atoms with Crippen LogP contribution in [0.3, 0.4) is 0 Å². The zero-order valence-electron chi connectivity index (χ0n) is 17.3. The van der Waals surface area contributed by atoms with E-state index in [4.69, 9.17) is 13.9 Å².